The normalized spacial score (nSPS) is 16.3. The van der Waals surface area contributed by atoms with Gasteiger partial charge in [-0.05, 0) is 13.0 Å². The number of nitrogens with zero attached hydrogens (tertiary/aromatic N) is 3. The summed E-state index contributed by atoms with van der Waals surface area (Å²) in [5, 5.41) is 0.181. The molecular weight excluding hydrogens is 338 g/mol. The maximum Gasteiger partial charge on any atom is 0.428 e. The summed E-state index contributed by atoms with van der Waals surface area (Å²) in [6.07, 6.45) is -2.49. The van der Waals surface area contributed by atoms with Crippen LogP contribution in [-0.2, 0) is 0 Å². The van der Waals surface area contributed by atoms with E-state index >= 15 is 0 Å². The lowest BCUT2D eigenvalue weighted by Gasteiger charge is -2.20. The van der Waals surface area contributed by atoms with Crippen LogP contribution in [-0.4, -0.2) is 26.7 Å². The van der Waals surface area contributed by atoms with Gasteiger partial charge >= 0.3 is 6.18 Å². The molecule has 0 amide bonds. The number of rotatable bonds is 3. The summed E-state index contributed by atoms with van der Waals surface area (Å²) in [6.45, 7) is 1.62. The van der Waals surface area contributed by atoms with Crippen LogP contribution in [0.5, 0.6) is 5.88 Å². The summed E-state index contributed by atoms with van der Waals surface area (Å²) in [5.41, 5.74) is -1.27. The van der Waals surface area contributed by atoms with Crippen LogP contribution in [0.25, 0.3) is 11.3 Å². The smallest absolute Gasteiger partial charge is 0.428 e. The highest BCUT2D eigenvalue weighted by Crippen LogP contribution is 2.52. The molecule has 23 heavy (non-hydrogen) atoms. The molecule has 0 atom stereocenters. The summed E-state index contributed by atoms with van der Waals surface area (Å²) in [5.74, 6) is -1.67. The molecule has 1 fully saturated rings. The van der Waals surface area contributed by atoms with Crippen molar-refractivity contribution < 1.29 is 22.3 Å². The van der Waals surface area contributed by atoms with Crippen LogP contribution >= 0.6 is 11.6 Å². The molecule has 0 bridgehead atoms. The van der Waals surface area contributed by atoms with Gasteiger partial charge in [0, 0.05) is 24.6 Å². The van der Waals surface area contributed by atoms with E-state index in [1.54, 1.807) is 6.92 Å². The molecule has 1 aliphatic rings. The standard InChI is InChI=1S/C14H10ClF4N3O/c1-7-11(20-6-10(15)22-7)8-4-9(16)12(21-5-8)23-13(2-3-13)14(17,18)19/h4-6H,2-3H2,1H3. The third kappa shape index (κ3) is 2.95. The highest BCUT2D eigenvalue weighted by atomic mass is 35.5. The molecule has 0 spiro atoms. The molecule has 0 radical (unpaired) electrons. The van der Waals surface area contributed by atoms with E-state index in [4.69, 9.17) is 16.3 Å². The van der Waals surface area contributed by atoms with Gasteiger partial charge in [0.2, 0.25) is 5.60 Å². The topological polar surface area (TPSA) is 47.9 Å². The van der Waals surface area contributed by atoms with E-state index in [1.165, 1.54) is 12.4 Å². The van der Waals surface area contributed by atoms with Gasteiger partial charge in [-0.25, -0.2) is 14.4 Å². The van der Waals surface area contributed by atoms with Gasteiger partial charge in [0.25, 0.3) is 5.88 Å². The van der Waals surface area contributed by atoms with Crippen LogP contribution in [0.3, 0.4) is 0 Å². The third-order valence-electron chi connectivity index (χ3n) is 3.51. The highest BCUT2D eigenvalue weighted by molar-refractivity contribution is 6.29. The van der Waals surface area contributed by atoms with Crippen molar-refractivity contribution >= 4 is 11.6 Å². The van der Waals surface area contributed by atoms with Crippen LogP contribution in [0.1, 0.15) is 18.5 Å². The van der Waals surface area contributed by atoms with E-state index in [-0.39, 0.29) is 23.6 Å². The van der Waals surface area contributed by atoms with E-state index in [1.807, 2.05) is 0 Å². The SMILES string of the molecule is Cc1nc(Cl)cnc1-c1cnc(OC2(C(F)(F)F)CC2)c(F)c1. The van der Waals surface area contributed by atoms with Crippen LogP contribution in [0.15, 0.2) is 18.5 Å². The van der Waals surface area contributed by atoms with Gasteiger partial charge in [0.15, 0.2) is 5.82 Å². The molecule has 1 saturated carbocycles. The maximum absolute atomic E-state index is 14.1. The van der Waals surface area contributed by atoms with Crippen LogP contribution in [0, 0.1) is 12.7 Å². The maximum atomic E-state index is 14.1. The quantitative estimate of drug-likeness (QED) is 0.784. The first kappa shape index (κ1) is 15.9. The molecule has 2 aromatic heterocycles. The number of halogens is 5. The van der Waals surface area contributed by atoms with Gasteiger partial charge in [-0.1, -0.05) is 11.6 Å². The highest BCUT2D eigenvalue weighted by Gasteiger charge is 2.66. The minimum absolute atomic E-state index is 0.181. The first-order valence-corrected chi connectivity index (χ1v) is 7.00. The second-order valence-electron chi connectivity index (χ2n) is 5.23. The minimum atomic E-state index is -4.56. The average molecular weight is 348 g/mol. The van der Waals surface area contributed by atoms with Gasteiger partial charge in [-0.15, -0.1) is 0 Å². The van der Waals surface area contributed by atoms with Crippen molar-refractivity contribution in [1.29, 1.82) is 0 Å². The van der Waals surface area contributed by atoms with Gasteiger partial charge in [0.05, 0.1) is 17.6 Å². The molecule has 9 heteroatoms. The van der Waals surface area contributed by atoms with E-state index in [2.05, 4.69) is 15.0 Å². The number of ether oxygens (including phenoxy) is 1. The third-order valence-corrected chi connectivity index (χ3v) is 3.69. The van der Waals surface area contributed by atoms with E-state index < -0.39 is 23.5 Å². The Labute approximate surface area is 133 Å². The Balaban J connectivity index is 1.90. The fourth-order valence-electron chi connectivity index (χ4n) is 2.11. The minimum Gasteiger partial charge on any atom is -0.459 e. The second kappa shape index (κ2) is 5.30. The Morgan fingerprint density at radius 1 is 1.22 bits per heavy atom. The lowest BCUT2D eigenvalue weighted by molar-refractivity contribution is -0.209. The zero-order valence-corrected chi connectivity index (χ0v) is 12.5. The lowest BCUT2D eigenvalue weighted by Crippen LogP contribution is -2.37. The molecule has 0 N–H and O–H groups in total. The van der Waals surface area contributed by atoms with Gasteiger partial charge in [-0.3, -0.25) is 4.98 Å². The zero-order chi connectivity index (χ0) is 16.8. The molecule has 1 aliphatic carbocycles. The average Bonchev–Trinajstić information content (AvgIpc) is 3.22. The van der Waals surface area contributed by atoms with Gasteiger partial charge in [-0.2, -0.15) is 13.2 Å². The van der Waals surface area contributed by atoms with Crippen molar-refractivity contribution in [2.75, 3.05) is 0 Å². The molecule has 0 aliphatic heterocycles. The Kier molecular flexibility index (Phi) is 3.66. The van der Waals surface area contributed by atoms with Crippen molar-refractivity contribution in [3.63, 3.8) is 0 Å². The predicted molar refractivity (Wildman–Crippen MR) is 73.6 cm³/mol. The van der Waals surface area contributed by atoms with E-state index in [0.717, 1.165) is 6.07 Å². The largest absolute Gasteiger partial charge is 0.459 e. The van der Waals surface area contributed by atoms with Crippen molar-refractivity contribution in [3.8, 4) is 17.1 Å². The summed E-state index contributed by atoms with van der Waals surface area (Å²) in [7, 11) is 0. The summed E-state index contributed by atoms with van der Waals surface area (Å²) < 4.78 is 57.4. The second-order valence-corrected chi connectivity index (χ2v) is 5.62. The lowest BCUT2D eigenvalue weighted by atomic mass is 10.1. The van der Waals surface area contributed by atoms with Gasteiger partial charge in [0.1, 0.15) is 5.15 Å². The Morgan fingerprint density at radius 2 is 1.91 bits per heavy atom. The summed E-state index contributed by atoms with van der Waals surface area (Å²) >= 11 is 5.69. The fourth-order valence-corrected chi connectivity index (χ4v) is 2.28. The van der Waals surface area contributed by atoms with Crippen LogP contribution in [0.2, 0.25) is 5.15 Å². The fraction of sp³-hybridized carbons (Fsp3) is 0.357. The summed E-state index contributed by atoms with van der Waals surface area (Å²) in [4.78, 5) is 11.7. The van der Waals surface area contributed by atoms with Crippen molar-refractivity contribution in [2.45, 2.75) is 31.5 Å². The molecule has 2 heterocycles. The number of aryl methyl sites for hydroxylation is 1. The molecular formula is C14H10ClF4N3O. The molecule has 0 unspecified atom stereocenters. The molecule has 0 aromatic carbocycles. The van der Waals surface area contributed by atoms with E-state index in [0.29, 0.717) is 11.4 Å². The molecule has 4 nitrogen and oxygen atoms in total. The number of hydrogen-bond acceptors (Lipinski definition) is 4. The molecule has 3 rings (SSSR count). The van der Waals surface area contributed by atoms with Crippen molar-refractivity contribution in [2.24, 2.45) is 0 Å². The van der Waals surface area contributed by atoms with Crippen LogP contribution in [0.4, 0.5) is 17.6 Å². The number of hydrogen-bond donors (Lipinski definition) is 0. The van der Waals surface area contributed by atoms with Crippen molar-refractivity contribution in [3.05, 3.63) is 35.1 Å². The summed E-state index contributed by atoms with van der Waals surface area (Å²) in [6, 6.07) is 1.01. The monoisotopic (exact) mass is 347 g/mol. The van der Waals surface area contributed by atoms with E-state index in [9.17, 15) is 17.6 Å². The molecule has 2 aromatic rings. The first-order valence-electron chi connectivity index (χ1n) is 6.63. The first-order chi connectivity index (χ1) is 10.7. The van der Waals surface area contributed by atoms with Crippen molar-refractivity contribution in [1.82, 2.24) is 15.0 Å². The number of aromatic nitrogens is 3. The molecule has 122 valence electrons. The Morgan fingerprint density at radius 3 is 2.43 bits per heavy atom. The van der Waals surface area contributed by atoms with Crippen LogP contribution < -0.4 is 4.74 Å². The van der Waals surface area contributed by atoms with Gasteiger partial charge < -0.3 is 4.74 Å². The molecule has 0 saturated heterocycles. The Bertz CT molecular complexity index is 762. The Hall–Kier alpha value is -1.96. The number of pyridine rings is 1. The zero-order valence-electron chi connectivity index (χ0n) is 11.8. The predicted octanol–water partition coefficient (Wildman–Crippen LogP) is 4.11. The number of alkyl halides is 3.